The third-order valence-electron chi connectivity index (χ3n) is 5.86. The fraction of sp³-hybridized carbons (Fsp3) is 0.318. The minimum absolute atomic E-state index is 0.0637. The Morgan fingerprint density at radius 1 is 1.11 bits per heavy atom. The molecule has 144 valence electrons. The van der Waals surface area contributed by atoms with Gasteiger partial charge in [-0.15, -0.1) is 0 Å². The first-order valence-corrected chi connectivity index (χ1v) is 9.24. The summed E-state index contributed by atoms with van der Waals surface area (Å²) in [6.45, 7) is 6.26. The Bertz CT molecular complexity index is 1170. The van der Waals surface area contributed by atoms with Crippen LogP contribution < -0.4 is 19.6 Å². The van der Waals surface area contributed by atoms with Crippen molar-refractivity contribution in [2.75, 3.05) is 6.79 Å². The molecule has 0 spiro atoms. The van der Waals surface area contributed by atoms with Crippen molar-refractivity contribution < 1.29 is 23.7 Å². The SMILES string of the molecule is C[C@@H]1Cc2c(cc3occ(-c4ccc5c(c4)OCO5)c(=O)c3c2O)OC1(C)C. The lowest BCUT2D eigenvalue weighted by Gasteiger charge is -2.38. The molecule has 0 radical (unpaired) electrons. The van der Waals surface area contributed by atoms with Gasteiger partial charge in [0.15, 0.2) is 11.5 Å². The zero-order valence-corrected chi connectivity index (χ0v) is 15.9. The Kier molecular flexibility index (Phi) is 3.44. The number of ether oxygens (including phenoxy) is 3. The van der Waals surface area contributed by atoms with E-state index < -0.39 is 0 Å². The van der Waals surface area contributed by atoms with Gasteiger partial charge in [0.05, 0.1) is 5.56 Å². The molecule has 2 aliphatic heterocycles. The fourth-order valence-electron chi connectivity index (χ4n) is 3.77. The summed E-state index contributed by atoms with van der Waals surface area (Å²) in [6.07, 6.45) is 2.03. The van der Waals surface area contributed by atoms with Gasteiger partial charge in [-0.25, -0.2) is 0 Å². The first kappa shape index (κ1) is 17.0. The lowest BCUT2D eigenvalue weighted by molar-refractivity contribution is 0.0348. The van der Waals surface area contributed by atoms with E-state index in [1.807, 2.05) is 13.8 Å². The monoisotopic (exact) mass is 380 g/mol. The molecule has 6 heteroatoms. The van der Waals surface area contributed by atoms with Crippen LogP contribution in [0, 0.1) is 5.92 Å². The van der Waals surface area contributed by atoms with E-state index in [1.54, 1.807) is 24.3 Å². The number of hydrogen-bond donors (Lipinski definition) is 1. The van der Waals surface area contributed by atoms with E-state index in [0.717, 1.165) is 0 Å². The predicted molar refractivity (Wildman–Crippen MR) is 103 cm³/mol. The topological polar surface area (TPSA) is 78.1 Å². The maximum absolute atomic E-state index is 13.2. The van der Waals surface area contributed by atoms with Crippen LogP contribution in [0.4, 0.5) is 0 Å². The lowest BCUT2D eigenvalue weighted by atomic mass is 9.83. The smallest absolute Gasteiger partial charge is 0.231 e. The van der Waals surface area contributed by atoms with Crippen LogP contribution in [0.25, 0.3) is 22.1 Å². The maximum atomic E-state index is 13.2. The maximum Gasteiger partial charge on any atom is 0.231 e. The van der Waals surface area contributed by atoms with Gasteiger partial charge in [0.25, 0.3) is 0 Å². The molecule has 1 atom stereocenters. The lowest BCUT2D eigenvalue weighted by Crippen LogP contribution is -2.40. The van der Waals surface area contributed by atoms with Crippen molar-refractivity contribution in [2.24, 2.45) is 5.92 Å². The zero-order chi connectivity index (χ0) is 19.6. The summed E-state index contributed by atoms with van der Waals surface area (Å²) < 4.78 is 22.5. The van der Waals surface area contributed by atoms with Crippen LogP contribution in [0.5, 0.6) is 23.0 Å². The molecule has 0 bridgehead atoms. The highest BCUT2D eigenvalue weighted by Gasteiger charge is 2.36. The molecule has 2 aliphatic rings. The summed E-state index contributed by atoms with van der Waals surface area (Å²) in [7, 11) is 0. The number of benzene rings is 2. The van der Waals surface area contributed by atoms with Gasteiger partial charge in [-0.3, -0.25) is 4.79 Å². The van der Waals surface area contributed by atoms with E-state index in [-0.39, 0.29) is 34.9 Å². The van der Waals surface area contributed by atoms with Crippen molar-refractivity contribution in [3.8, 4) is 34.1 Å². The molecule has 0 aliphatic carbocycles. The molecule has 0 fully saturated rings. The summed E-state index contributed by atoms with van der Waals surface area (Å²) in [6, 6.07) is 6.97. The molecular weight excluding hydrogens is 360 g/mol. The van der Waals surface area contributed by atoms with Gasteiger partial charge in [0.2, 0.25) is 12.2 Å². The molecule has 1 aromatic heterocycles. The second-order valence-electron chi connectivity index (χ2n) is 7.93. The van der Waals surface area contributed by atoms with Crippen LogP contribution >= 0.6 is 0 Å². The molecule has 3 aromatic rings. The van der Waals surface area contributed by atoms with E-state index in [4.69, 9.17) is 18.6 Å². The first-order valence-electron chi connectivity index (χ1n) is 9.24. The van der Waals surface area contributed by atoms with Crippen molar-refractivity contribution in [1.29, 1.82) is 0 Å². The summed E-state index contributed by atoms with van der Waals surface area (Å²) in [5.74, 6) is 1.90. The molecular formula is C22H20O6. The molecule has 1 N–H and O–H groups in total. The Balaban J connectivity index is 1.70. The van der Waals surface area contributed by atoms with Crippen molar-refractivity contribution in [2.45, 2.75) is 32.8 Å². The Morgan fingerprint density at radius 2 is 1.89 bits per heavy atom. The van der Waals surface area contributed by atoms with E-state index in [1.165, 1.54) is 6.26 Å². The van der Waals surface area contributed by atoms with E-state index in [0.29, 0.717) is 45.9 Å². The summed E-state index contributed by atoms with van der Waals surface area (Å²) in [4.78, 5) is 13.2. The highest BCUT2D eigenvalue weighted by atomic mass is 16.7. The van der Waals surface area contributed by atoms with Crippen molar-refractivity contribution >= 4 is 11.0 Å². The second-order valence-corrected chi connectivity index (χ2v) is 7.93. The van der Waals surface area contributed by atoms with Gasteiger partial charge in [-0.2, -0.15) is 0 Å². The third kappa shape index (κ3) is 2.37. The summed E-state index contributed by atoms with van der Waals surface area (Å²) in [5, 5.41) is 11.1. The van der Waals surface area contributed by atoms with Crippen LogP contribution in [-0.2, 0) is 6.42 Å². The largest absolute Gasteiger partial charge is 0.507 e. The Hall–Kier alpha value is -3.15. The molecule has 0 saturated heterocycles. The quantitative estimate of drug-likeness (QED) is 0.680. The average molecular weight is 380 g/mol. The fourth-order valence-corrected chi connectivity index (χ4v) is 3.77. The number of aromatic hydroxyl groups is 1. The van der Waals surface area contributed by atoms with Crippen molar-refractivity contribution in [1.82, 2.24) is 0 Å². The molecule has 6 nitrogen and oxygen atoms in total. The first-order chi connectivity index (χ1) is 13.3. The number of rotatable bonds is 1. The summed E-state index contributed by atoms with van der Waals surface area (Å²) >= 11 is 0. The Morgan fingerprint density at radius 3 is 2.71 bits per heavy atom. The van der Waals surface area contributed by atoms with Gasteiger partial charge in [-0.1, -0.05) is 13.0 Å². The Labute approximate surface area is 161 Å². The predicted octanol–water partition coefficient (Wildman–Crippen LogP) is 4.24. The van der Waals surface area contributed by atoms with Crippen LogP contribution in [-0.4, -0.2) is 17.5 Å². The van der Waals surface area contributed by atoms with E-state index in [2.05, 4.69) is 6.92 Å². The number of phenols is 1. The van der Waals surface area contributed by atoms with Crippen LogP contribution in [0.3, 0.4) is 0 Å². The highest BCUT2D eigenvalue weighted by molar-refractivity contribution is 5.90. The normalized spacial score (nSPS) is 19.3. The van der Waals surface area contributed by atoms with E-state index >= 15 is 0 Å². The minimum atomic E-state index is -0.361. The van der Waals surface area contributed by atoms with Gasteiger partial charge >= 0.3 is 0 Å². The third-order valence-corrected chi connectivity index (χ3v) is 5.86. The van der Waals surface area contributed by atoms with Gasteiger partial charge in [0.1, 0.15) is 34.3 Å². The number of hydrogen-bond acceptors (Lipinski definition) is 6. The zero-order valence-electron chi connectivity index (χ0n) is 15.9. The molecule has 0 saturated carbocycles. The average Bonchev–Trinajstić information content (AvgIpc) is 3.11. The molecule has 2 aromatic carbocycles. The van der Waals surface area contributed by atoms with Gasteiger partial charge < -0.3 is 23.7 Å². The van der Waals surface area contributed by atoms with E-state index in [9.17, 15) is 9.90 Å². The highest BCUT2D eigenvalue weighted by Crippen LogP contribution is 2.44. The summed E-state index contributed by atoms with van der Waals surface area (Å²) in [5.41, 5.74) is 1.29. The van der Waals surface area contributed by atoms with Crippen molar-refractivity contribution in [3.63, 3.8) is 0 Å². The minimum Gasteiger partial charge on any atom is -0.507 e. The number of phenolic OH excluding ortho intramolecular Hbond substituents is 1. The molecule has 0 unspecified atom stereocenters. The van der Waals surface area contributed by atoms with Crippen LogP contribution in [0.2, 0.25) is 0 Å². The van der Waals surface area contributed by atoms with Gasteiger partial charge in [0, 0.05) is 11.6 Å². The standard InChI is InChI=1S/C22H20O6/c1-11-6-13-16(28-22(11,2)3)8-18-19(20(13)23)21(24)14(9-25-18)12-4-5-15-17(7-12)27-10-26-15/h4-5,7-9,11,23H,6,10H2,1-3H3/t11-/m1/s1. The van der Waals surface area contributed by atoms with Crippen LogP contribution in [0.1, 0.15) is 26.3 Å². The second kappa shape index (κ2) is 5.67. The molecule has 28 heavy (non-hydrogen) atoms. The van der Waals surface area contributed by atoms with Gasteiger partial charge in [-0.05, 0) is 43.9 Å². The number of fused-ring (bicyclic) bond motifs is 3. The molecule has 3 heterocycles. The molecule has 0 amide bonds. The molecule has 5 rings (SSSR count). The van der Waals surface area contributed by atoms with Crippen molar-refractivity contribution in [3.05, 3.63) is 46.3 Å². The van der Waals surface area contributed by atoms with Crippen LogP contribution in [0.15, 0.2) is 39.7 Å².